The van der Waals surface area contributed by atoms with E-state index in [1.165, 1.54) is 0 Å². The van der Waals surface area contributed by atoms with Gasteiger partial charge in [0.2, 0.25) is 11.8 Å². The van der Waals surface area contributed by atoms with Gasteiger partial charge in [0.05, 0.1) is 18.0 Å². The zero-order chi connectivity index (χ0) is 16.3. The van der Waals surface area contributed by atoms with Crippen molar-refractivity contribution >= 4 is 23.2 Å². The van der Waals surface area contributed by atoms with Crippen LogP contribution in [0.3, 0.4) is 0 Å². The van der Waals surface area contributed by atoms with Gasteiger partial charge in [-0.15, -0.1) is 0 Å². The smallest absolute Gasteiger partial charge is 0.249 e. The highest BCUT2D eigenvalue weighted by Gasteiger charge is 2.31. The quantitative estimate of drug-likeness (QED) is 0.802. The molecule has 1 heterocycles. The number of hydrogen-bond acceptors (Lipinski definition) is 4. The lowest BCUT2D eigenvalue weighted by Crippen LogP contribution is -2.50. The Kier molecular flexibility index (Phi) is 5.03. The SMILES string of the molecule is COCCNC(=O)CN1C(=O)C(C)Nc2cc(C)c(C)cc21. The lowest BCUT2D eigenvalue weighted by Gasteiger charge is -2.34. The van der Waals surface area contributed by atoms with E-state index >= 15 is 0 Å². The number of nitrogens with one attached hydrogen (secondary N) is 2. The largest absolute Gasteiger partial charge is 0.383 e. The second-order valence-corrected chi connectivity index (χ2v) is 5.59. The normalized spacial score (nSPS) is 17.0. The van der Waals surface area contributed by atoms with Crippen LogP contribution in [0.1, 0.15) is 18.1 Å². The number of methoxy groups -OCH3 is 1. The van der Waals surface area contributed by atoms with Crippen LogP contribution in [0, 0.1) is 13.8 Å². The maximum absolute atomic E-state index is 12.4. The average Bonchev–Trinajstić information content (AvgIpc) is 2.47. The Bertz CT molecular complexity index is 586. The minimum absolute atomic E-state index is 0.0179. The van der Waals surface area contributed by atoms with Gasteiger partial charge in [-0.1, -0.05) is 0 Å². The van der Waals surface area contributed by atoms with Crippen molar-refractivity contribution in [3.63, 3.8) is 0 Å². The maximum Gasteiger partial charge on any atom is 0.249 e. The summed E-state index contributed by atoms with van der Waals surface area (Å²) in [5.74, 6) is -0.290. The standard InChI is InChI=1S/C16H23N3O3/c1-10-7-13-14(8-11(10)2)19(16(21)12(3)18-13)9-15(20)17-5-6-22-4/h7-8,12,18H,5-6,9H2,1-4H3,(H,17,20). The predicted molar refractivity (Wildman–Crippen MR) is 86.2 cm³/mol. The molecule has 0 saturated carbocycles. The topological polar surface area (TPSA) is 70.7 Å². The maximum atomic E-state index is 12.4. The van der Waals surface area contributed by atoms with Crippen molar-refractivity contribution in [3.05, 3.63) is 23.3 Å². The molecule has 2 N–H and O–H groups in total. The highest BCUT2D eigenvalue weighted by atomic mass is 16.5. The van der Waals surface area contributed by atoms with Gasteiger partial charge < -0.3 is 15.4 Å². The van der Waals surface area contributed by atoms with Crippen molar-refractivity contribution in [1.29, 1.82) is 0 Å². The van der Waals surface area contributed by atoms with Gasteiger partial charge in [-0.3, -0.25) is 14.5 Å². The third kappa shape index (κ3) is 3.39. The second-order valence-electron chi connectivity index (χ2n) is 5.59. The first-order chi connectivity index (χ1) is 10.4. The van der Waals surface area contributed by atoms with Crippen LogP contribution in [-0.2, 0) is 14.3 Å². The van der Waals surface area contributed by atoms with E-state index in [0.717, 1.165) is 22.5 Å². The van der Waals surface area contributed by atoms with Crippen molar-refractivity contribution in [3.8, 4) is 0 Å². The summed E-state index contributed by atoms with van der Waals surface area (Å²) in [7, 11) is 1.58. The van der Waals surface area contributed by atoms with E-state index in [-0.39, 0.29) is 24.4 Å². The van der Waals surface area contributed by atoms with E-state index in [1.54, 1.807) is 18.9 Å². The molecule has 0 spiro atoms. The fraction of sp³-hybridized carbons (Fsp3) is 0.500. The number of hydrogen-bond donors (Lipinski definition) is 2. The van der Waals surface area contributed by atoms with Crippen LogP contribution in [0.2, 0.25) is 0 Å². The van der Waals surface area contributed by atoms with Crippen LogP contribution in [-0.4, -0.2) is 44.7 Å². The zero-order valence-electron chi connectivity index (χ0n) is 13.5. The molecule has 0 radical (unpaired) electrons. The molecule has 1 aliphatic rings. The molecule has 1 aliphatic heterocycles. The Morgan fingerprint density at radius 1 is 1.36 bits per heavy atom. The van der Waals surface area contributed by atoms with Crippen molar-refractivity contribution in [2.24, 2.45) is 0 Å². The Hall–Kier alpha value is -2.08. The van der Waals surface area contributed by atoms with Crippen molar-refractivity contribution in [2.75, 3.05) is 37.0 Å². The summed E-state index contributed by atoms with van der Waals surface area (Å²) < 4.78 is 4.90. The number of ether oxygens (including phenoxy) is 1. The summed E-state index contributed by atoms with van der Waals surface area (Å²) in [5.41, 5.74) is 3.89. The number of carbonyl (C=O) groups excluding carboxylic acids is 2. The molecule has 1 aromatic carbocycles. The van der Waals surface area contributed by atoms with E-state index in [4.69, 9.17) is 4.74 Å². The molecule has 2 amide bonds. The monoisotopic (exact) mass is 305 g/mol. The van der Waals surface area contributed by atoms with E-state index < -0.39 is 0 Å². The molecule has 6 heteroatoms. The molecule has 6 nitrogen and oxygen atoms in total. The summed E-state index contributed by atoms with van der Waals surface area (Å²) >= 11 is 0. The average molecular weight is 305 g/mol. The number of benzene rings is 1. The molecule has 120 valence electrons. The van der Waals surface area contributed by atoms with Crippen molar-refractivity contribution in [2.45, 2.75) is 26.8 Å². The van der Waals surface area contributed by atoms with E-state index in [2.05, 4.69) is 10.6 Å². The van der Waals surface area contributed by atoms with Gasteiger partial charge in [0.25, 0.3) is 0 Å². The van der Waals surface area contributed by atoms with Gasteiger partial charge in [-0.05, 0) is 44.0 Å². The van der Waals surface area contributed by atoms with Crippen LogP contribution in [0.4, 0.5) is 11.4 Å². The van der Waals surface area contributed by atoms with Gasteiger partial charge in [0, 0.05) is 13.7 Å². The second kappa shape index (κ2) is 6.79. The molecule has 1 aromatic rings. The summed E-state index contributed by atoms with van der Waals surface area (Å²) in [6.07, 6.45) is 0. The van der Waals surface area contributed by atoms with Gasteiger partial charge in [-0.25, -0.2) is 0 Å². The van der Waals surface area contributed by atoms with Crippen molar-refractivity contribution in [1.82, 2.24) is 5.32 Å². The third-order valence-corrected chi connectivity index (χ3v) is 3.84. The lowest BCUT2D eigenvalue weighted by atomic mass is 10.0. The minimum Gasteiger partial charge on any atom is -0.383 e. The number of anilines is 2. The Labute approximate surface area is 130 Å². The third-order valence-electron chi connectivity index (χ3n) is 3.84. The molecule has 0 aromatic heterocycles. The highest BCUT2D eigenvalue weighted by molar-refractivity contribution is 6.07. The summed E-state index contributed by atoms with van der Waals surface area (Å²) in [5, 5.41) is 5.94. The number of aryl methyl sites for hydroxylation is 2. The Balaban J connectivity index is 2.21. The number of amides is 2. The lowest BCUT2D eigenvalue weighted by molar-refractivity contribution is -0.124. The molecular weight excluding hydrogens is 282 g/mol. The molecule has 1 atom stereocenters. The molecular formula is C16H23N3O3. The minimum atomic E-state index is -0.346. The first-order valence-electron chi connectivity index (χ1n) is 7.39. The van der Waals surface area contributed by atoms with E-state index in [9.17, 15) is 9.59 Å². The van der Waals surface area contributed by atoms with Gasteiger partial charge >= 0.3 is 0 Å². The van der Waals surface area contributed by atoms with Crippen LogP contribution in [0.15, 0.2) is 12.1 Å². The summed E-state index contributed by atoms with van der Waals surface area (Å²) in [6.45, 7) is 6.73. The molecule has 22 heavy (non-hydrogen) atoms. The first-order valence-corrected chi connectivity index (χ1v) is 7.39. The summed E-state index contributed by atoms with van der Waals surface area (Å²) in [6, 6.07) is 3.62. The van der Waals surface area contributed by atoms with Crippen molar-refractivity contribution < 1.29 is 14.3 Å². The Morgan fingerprint density at radius 2 is 2.05 bits per heavy atom. The fourth-order valence-corrected chi connectivity index (χ4v) is 2.44. The highest BCUT2D eigenvalue weighted by Crippen LogP contribution is 2.33. The molecule has 0 saturated heterocycles. The number of carbonyl (C=O) groups is 2. The Morgan fingerprint density at radius 3 is 2.73 bits per heavy atom. The number of fused-ring (bicyclic) bond motifs is 1. The van der Waals surface area contributed by atoms with E-state index in [0.29, 0.717) is 13.2 Å². The van der Waals surface area contributed by atoms with Crippen LogP contribution in [0.5, 0.6) is 0 Å². The van der Waals surface area contributed by atoms with Crippen LogP contribution >= 0.6 is 0 Å². The van der Waals surface area contributed by atoms with Gasteiger partial charge in [-0.2, -0.15) is 0 Å². The predicted octanol–water partition coefficient (Wildman–Crippen LogP) is 1.21. The van der Waals surface area contributed by atoms with Gasteiger partial charge in [0.1, 0.15) is 12.6 Å². The first kappa shape index (κ1) is 16.3. The number of nitrogens with zero attached hydrogens (tertiary/aromatic N) is 1. The zero-order valence-corrected chi connectivity index (χ0v) is 13.5. The number of rotatable bonds is 5. The van der Waals surface area contributed by atoms with E-state index in [1.807, 2.05) is 26.0 Å². The van der Waals surface area contributed by atoms with Crippen LogP contribution in [0.25, 0.3) is 0 Å². The molecule has 1 unspecified atom stereocenters. The molecule has 0 bridgehead atoms. The van der Waals surface area contributed by atoms with Gasteiger partial charge in [0.15, 0.2) is 0 Å². The molecule has 2 rings (SSSR count). The summed E-state index contributed by atoms with van der Waals surface area (Å²) in [4.78, 5) is 26.0. The fourth-order valence-electron chi connectivity index (χ4n) is 2.44. The molecule has 0 fully saturated rings. The van der Waals surface area contributed by atoms with Crippen LogP contribution < -0.4 is 15.5 Å². The molecule has 0 aliphatic carbocycles.